The first-order valence-corrected chi connectivity index (χ1v) is 6.23. The summed E-state index contributed by atoms with van der Waals surface area (Å²) in [5.41, 5.74) is 0.918. The molecule has 2 rings (SSSR count). The average molecular weight is 240 g/mol. The lowest BCUT2D eigenvalue weighted by molar-refractivity contribution is 0.234. The second kappa shape index (κ2) is 5.07. The van der Waals surface area contributed by atoms with Crippen molar-refractivity contribution in [3.8, 4) is 5.75 Å². The van der Waals surface area contributed by atoms with Crippen molar-refractivity contribution < 1.29 is 5.11 Å². The van der Waals surface area contributed by atoms with Gasteiger partial charge < -0.3 is 5.11 Å². The predicted octanol–water partition coefficient (Wildman–Crippen LogP) is 3.42. The molecule has 0 amide bonds. The van der Waals surface area contributed by atoms with Crippen LogP contribution in [-0.4, -0.2) is 23.1 Å². The Morgan fingerprint density at radius 2 is 2.06 bits per heavy atom. The van der Waals surface area contributed by atoms with E-state index in [4.69, 9.17) is 11.6 Å². The van der Waals surface area contributed by atoms with E-state index >= 15 is 0 Å². The van der Waals surface area contributed by atoms with Crippen LogP contribution >= 0.6 is 11.6 Å². The van der Waals surface area contributed by atoms with Crippen LogP contribution in [0.2, 0.25) is 5.02 Å². The molecule has 0 aromatic heterocycles. The van der Waals surface area contributed by atoms with Crippen molar-refractivity contribution >= 4 is 11.6 Å². The molecule has 0 spiro atoms. The highest BCUT2D eigenvalue weighted by molar-refractivity contribution is 6.32. The number of nitrogens with zero attached hydrogens (tertiary/aromatic N) is 1. The minimum Gasteiger partial charge on any atom is -0.506 e. The third-order valence-corrected chi connectivity index (χ3v) is 3.74. The van der Waals surface area contributed by atoms with Crippen molar-refractivity contribution in [1.82, 2.24) is 4.90 Å². The molecule has 0 radical (unpaired) electrons. The topological polar surface area (TPSA) is 23.5 Å². The summed E-state index contributed by atoms with van der Waals surface area (Å²) < 4.78 is 0. The average Bonchev–Trinajstić information content (AvgIpc) is 2.78. The number of phenols is 1. The maximum Gasteiger partial charge on any atom is 0.138 e. The van der Waals surface area contributed by atoms with Gasteiger partial charge in [-0.3, -0.25) is 4.90 Å². The maximum absolute atomic E-state index is 9.83. The van der Waals surface area contributed by atoms with Gasteiger partial charge in [0, 0.05) is 18.2 Å². The molecule has 0 atom stereocenters. The summed E-state index contributed by atoms with van der Waals surface area (Å²) in [6.07, 6.45) is 5.21. The Hall–Kier alpha value is -0.730. The van der Waals surface area contributed by atoms with Gasteiger partial charge in [0.05, 0.1) is 5.02 Å². The molecule has 1 aliphatic carbocycles. The molecular formula is C13H18ClNO. The molecule has 16 heavy (non-hydrogen) atoms. The Balaban J connectivity index is 2.05. The van der Waals surface area contributed by atoms with Crippen LogP contribution < -0.4 is 0 Å². The number of halogens is 1. The number of phenolic OH excluding ortho intramolecular Hbond substituents is 1. The molecule has 0 heterocycles. The highest BCUT2D eigenvalue weighted by Gasteiger charge is 2.20. The smallest absolute Gasteiger partial charge is 0.138 e. The summed E-state index contributed by atoms with van der Waals surface area (Å²) in [5.74, 6) is 0.231. The fraction of sp³-hybridized carbons (Fsp3) is 0.538. The van der Waals surface area contributed by atoms with Gasteiger partial charge in [0.2, 0.25) is 0 Å². The molecule has 0 unspecified atom stereocenters. The van der Waals surface area contributed by atoms with Crippen LogP contribution in [0.15, 0.2) is 18.2 Å². The predicted molar refractivity (Wildman–Crippen MR) is 66.8 cm³/mol. The molecule has 1 aromatic carbocycles. The zero-order chi connectivity index (χ0) is 11.5. The van der Waals surface area contributed by atoms with Crippen molar-refractivity contribution in [2.75, 3.05) is 7.05 Å². The van der Waals surface area contributed by atoms with Crippen LogP contribution in [0.5, 0.6) is 5.75 Å². The van der Waals surface area contributed by atoms with Gasteiger partial charge >= 0.3 is 0 Å². The van der Waals surface area contributed by atoms with Gasteiger partial charge in [-0.25, -0.2) is 0 Å². The third kappa shape index (κ3) is 2.50. The van der Waals surface area contributed by atoms with Gasteiger partial charge in [-0.2, -0.15) is 0 Å². The van der Waals surface area contributed by atoms with E-state index < -0.39 is 0 Å². The van der Waals surface area contributed by atoms with Crippen molar-refractivity contribution in [3.05, 3.63) is 28.8 Å². The van der Waals surface area contributed by atoms with Gasteiger partial charge in [-0.1, -0.05) is 36.6 Å². The van der Waals surface area contributed by atoms with Crippen LogP contribution in [-0.2, 0) is 6.54 Å². The maximum atomic E-state index is 9.83. The number of hydrogen-bond acceptors (Lipinski definition) is 2. The summed E-state index contributed by atoms with van der Waals surface area (Å²) >= 11 is 5.89. The molecule has 1 aromatic rings. The third-order valence-electron chi connectivity index (χ3n) is 3.44. The lowest BCUT2D eigenvalue weighted by Gasteiger charge is -2.24. The summed E-state index contributed by atoms with van der Waals surface area (Å²) in [5, 5.41) is 10.3. The molecule has 0 saturated heterocycles. The molecule has 1 saturated carbocycles. The summed E-state index contributed by atoms with van der Waals surface area (Å²) in [7, 11) is 2.12. The van der Waals surface area contributed by atoms with E-state index in [0.717, 1.165) is 12.1 Å². The Morgan fingerprint density at radius 3 is 2.75 bits per heavy atom. The fourth-order valence-electron chi connectivity index (χ4n) is 2.43. The van der Waals surface area contributed by atoms with Crippen LogP contribution in [0, 0.1) is 0 Å². The molecule has 1 aliphatic rings. The van der Waals surface area contributed by atoms with Gasteiger partial charge in [0.1, 0.15) is 5.75 Å². The Bertz CT molecular complexity index is 361. The van der Waals surface area contributed by atoms with Gasteiger partial charge in [-0.15, -0.1) is 0 Å². The van der Waals surface area contributed by atoms with E-state index in [-0.39, 0.29) is 5.75 Å². The van der Waals surface area contributed by atoms with Crippen molar-refractivity contribution in [1.29, 1.82) is 0 Å². The van der Waals surface area contributed by atoms with E-state index in [1.165, 1.54) is 25.7 Å². The highest BCUT2D eigenvalue weighted by Crippen LogP contribution is 2.30. The standard InChI is InChI=1S/C13H18ClNO/c1-15(11-6-2-3-7-11)9-10-5-4-8-12(14)13(10)16/h4-5,8,11,16H,2-3,6-7,9H2,1H3. The van der Waals surface area contributed by atoms with Crippen LogP contribution in [0.25, 0.3) is 0 Å². The second-order valence-corrected chi connectivity index (χ2v) is 5.01. The highest BCUT2D eigenvalue weighted by atomic mass is 35.5. The van der Waals surface area contributed by atoms with Gasteiger partial charge in [-0.05, 0) is 26.0 Å². The Morgan fingerprint density at radius 1 is 1.38 bits per heavy atom. The molecule has 0 aliphatic heterocycles. The van der Waals surface area contributed by atoms with E-state index in [9.17, 15) is 5.11 Å². The first kappa shape index (κ1) is 11.7. The Kier molecular flexibility index (Phi) is 3.72. The lowest BCUT2D eigenvalue weighted by Crippen LogP contribution is -2.28. The number of benzene rings is 1. The van der Waals surface area contributed by atoms with Crippen LogP contribution in [0.3, 0.4) is 0 Å². The summed E-state index contributed by atoms with van der Waals surface area (Å²) in [4.78, 5) is 2.32. The summed E-state index contributed by atoms with van der Waals surface area (Å²) in [6.45, 7) is 0.775. The monoisotopic (exact) mass is 239 g/mol. The normalized spacial score (nSPS) is 17.2. The molecule has 88 valence electrons. The number of hydrogen-bond donors (Lipinski definition) is 1. The first-order chi connectivity index (χ1) is 7.68. The van der Waals surface area contributed by atoms with Crippen molar-refractivity contribution in [2.45, 2.75) is 38.3 Å². The van der Waals surface area contributed by atoms with Gasteiger partial charge in [0.25, 0.3) is 0 Å². The minimum atomic E-state index is 0.231. The number of rotatable bonds is 3. The molecule has 1 fully saturated rings. The number of para-hydroxylation sites is 1. The van der Waals surface area contributed by atoms with E-state index in [1.54, 1.807) is 6.07 Å². The number of aromatic hydroxyl groups is 1. The Labute approximate surface area is 102 Å². The molecule has 2 nitrogen and oxygen atoms in total. The van der Waals surface area contributed by atoms with E-state index in [2.05, 4.69) is 11.9 Å². The van der Waals surface area contributed by atoms with Crippen molar-refractivity contribution in [3.63, 3.8) is 0 Å². The molecule has 1 N–H and O–H groups in total. The zero-order valence-corrected chi connectivity index (χ0v) is 10.4. The molecular weight excluding hydrogens is 222 g/mol. The minimum absolute atomic E-state index is 0.231. The first-order valence-electron chi connectivity index (χ1n) is 5.85. The van der Waals surface area contributed by atoms with E-state index in [1.807, 2.05) is 12.1 Å². The van der Waals surface area contributed by atoms with Crippen LogP contribution in [0.4, 0.5) is 0 Å². The SMILES string of the molecule is CN(Cc1cccc(Cl)c1O)C1CCCC1. The molecule has 3 heteroatoms. The molecule has 0 bridgehead atoms. The zero-order valence-electron chi connectivity index (χ0n) is 9.62. The van der Waals surface area contributed by atoms with Crippen LogP contribution in [0.1, 0.15) is 31.2 Å². The van der Waals surface area contributed by atoms with Gasteiger partial charge in [0.15, 0.2) is 0 Å². The summed E-state index contributed by atoms with van der Waals surface area (Å²) in [6, 6.07) is 6.21. The second-order valence-electron chi connectivity index (χ2n) is 4.60. The van der Waals surface area contributed by atoms with E-state index in [0.29, 0.717) is 11.1 Å². The largest absolute Gasteiger partial charge is 0.506 e. The fourth-order valence-corrected chi connectivity index (χ4v) is 2.62. The van der Waals surface area contributed by atoms with Crippen molar-refractivity contribution in [2.24, 2.45) is 0 Å². The lowest BCUT2D eigenvalue weighted by atomic mass is 10.1. The quantitative estimate of drug-likeness (QED) is 0.874.